The highest BCUT2D eigenvalue weighted by atomic mass is 35.5. The van der Waals surface area contributed by atoms with Crippen molar-refractivity contribution in [1.29, 1.82) is 0 Å². The van der Waals surface area contributed by atoms with Crippen LogP contribution in [0.1, 0.15) is 5.56 Å². The first-order chi connectivity index (χ1) is 14.8. The second-order valence-corrected chi connectivity index (χ2v) is 7.49. The SMILES string of the molecule is Cc1cccc(-c2nc(-c3ccccc3)c(-c3ccc(-c4ccccc4)cc3)[nH]2)c1.Cl. The number of imidazole rings is 1. The maximum Gasteiger partial charge on any atom is 0.138 e. The lowest BCUT2D eigenvalue weighted by molar-refractivity contribution is 1.30. The van der Waals surface area contributed by atoms with Crippen LogP contribution in [0.5, 0.6) is 0 Å². The third kappa shape index (κ3) is 4.30. The number of rotatable bonds is 4. The summed E-state index contributed by atoms with van der Waals surface area (Å²) < 4.78 is 0. The molecular formula is C28H23ClN2. The standard InChI is InChI=1S/C28H22N2.ClH/c1-20-9-8-14-25(19-20)28-29-26(23-12-6-3-7-13-23)27(30-28)24-17-15-22(16-18-24)21-10-4-2-5-11-21;/h2-19H,1H3,(H,29,30);1H. The first-order valence-corrected chi connectivity index (χ1v) is 10.2. The predicted octanol–water partition coefficient (Wildman–Crippen LogP) is 7.81. The van der Waals surface area contributed by atoms with Crippen LogP contribution in [-0.2, 0) is 0 Å². The molecule has 3 heteroatoms. The van der Waals surface area contributed by atoms with Crippen molar-refractivity contribution in [2.45, 2.75) is 6.92 Å². The minimum Gasteiger partial charge on any atom is -0.337 e. The van der Waals surface area contributed by atoms with Crippen molar-refractivity contribution in [3.8, 4) is 45.0 Å². The Morgan fingerprint density at radius 3 is 1.74 bits per heavy atom. The number of aromatic nitrogens is 2. The van der Waals surface area contributed by atoms with Gasteiger partial charge in [0.05, 0.1) is 11.4 Å². The molecule has 0 saturated carbocycles. The largest absolute Gasteiger partial charge is 0.337 e. The highest BCUT2D eigenvalue weighted by molar-refractivity contribution is 5.85. The van der Waals surface area contributed by atoms with Gasteiger partial charge in [0.1, 0.15) is 5.82 Å². The Morgan fingerprint density at radius 2 is 1.10 bits per heavy atom. The van der Waals surface area contributed by atoms with Crippen LogP contribution >= 0.6 is 12.4 Å². The van der Waals surface area contributed by atoms with E-state index in [2.05, 4.69) is 109 Å². The molecule has 4 aromatic carbocycles. The average Bonchev–Trinajstić information content (AvgIpc) is 3.26. The quantitative estimate of drug-likeness (QED) is 0.314. The third-order valence-electron chi connectivity index (χ3n) is 5.32. The molecule has 0 fully saturated rings. The van der Waals surface area contributed by atoms with Crippen LogP contribution in [-0.4, -0.2) is 9.97 Å². The van der Waals surface area contributed by atoms with Crippen LogP contribution in [0, 0.1) is 6.92 Å². The molecule has 5 aromatic rings. The molecule has 0 radical (unpaired) electrons. The van der Waals surface area contributed by atoms with Crippen LogP contribution in [0.25, 0.3) is 45.0 Å². The maximum atomic E-state index is 4.99. The molecule has 2 nitrogen and oxygen atoms in total. The lowest BCUT2D eigenvalue weighted by atomic mass is 10.0. The van der Waals surface area contributed by atoms with Crippen molar-refractivity contribution in [1.82, 2.24) is 9.97 Å². The summed E-state index contributed by atoms with van der Waals surface area (Å²) in [6.45, 7) is 2.10. The smallest absolute Gasteiger partial charge is 0.138 e. The number of H-pyrrole nitrogens is 1. The van der Waals surface area contributed by atoms with Gasteiger partial charge in [-0.3, -0.25) is 0 Å². The Balaban J connectivity index is 0.00000231. The first-order valence-electron chi connectivity index (χ1n) is 10.2. The van der Waals surface area contributed by atoms with E-state index in [1.165, 1.54) is 16.7 Å². The molecule has 1 heterocycles. The highest BCUT2D eigenvalue weighted by Gasteiger charge is 2.15. The average molecular weight is 423 g/mol. The van der Waals surface area contributed by atoms with E-state index >= 15 is 0 Å². The molecule has 0 bridgehead atoms. The van der Waals surface area contributed by atoms with Crippen molar-refractivity contribution in [2.75, 3.05) is 0 Å². The molecule has 0 aliphatic heterocycles. The number of halogens is 1. The highest BCUT2D eigenvalue weighted by Crippen LogP contribution is 2.34. The molecule has 0 spiro atoms. The van der Waals surface area contributed by atoms with Gasteiger partial charge in [0.15, 0.2) is 0 Å². The number of hydrogen-bond acceptors (Lipinski definition) is 1. The van der Waals surface area contributed by atoms with Gasteiger partial charge in [0.2, 0.25) is 0 Å². The Hall–Kier alpha value is -3.62. The lowest BCUT2D eigenvalue weighted by Crippen LogP contribution is -1.84. The van der Waals surface area contributed by atoms with E-state index in [1.54, 1.807) is 0 Å². The minimum absolute atomic E-state index is 0. The number of aromatic amines is 1. The van der Waals surface area contributed by atoms with Gasteiger partial charge in [-0.1, -0.05) is 109 Å². The van der Waals surface area contributed by atoms with Gasteiger partial charge >= 0.3 is 0 Å². The second-order valence-electron chi connectivity index (χ2n) is 7.49. The van der Waals surface area contributed by atoms with Crippen LogP contribution < -0.4 is 0 Å². The van der Waals surface area contributed by atoms with Crippen molar-refractivity contribution in [2.24, 2.45) is 0 Å². The predicted molar refractivity (Wildman–Crippen MR) is 132 cm³/mol. The van der Waals surface area contributed by atoms with Crippen molar-refractivity contribution < 1.29 is 0 Å². The summed E-state index contributed by atoms with van der Waals surface area (Å²) in [4.78, 5) is 8.58. The Bertz CT molecular complexity index is 1270. The third-order valence-corrected chi connectivity index (χ3v) is 5.32. The lowest BCUT2D eigenvalue weighted by Gasteiger charge is -2.06. The van der Waals surface area contributed by atoms with Crippen LogP contribution in [0.4, 0.5) is 0 Å². The molecule has 1 N–H and O–H groups in total. The molecule has 0 aliphatic carbocycles. The van der Waals surface area contributed by atoms with E-state index < -0.39 is 0 Å². The topological polar surface area (TPSA) is 28.7 Å². The normalized spacial score (nSPS) is 10.5. The van der Waals surface area contributed by atoms with Crippen molar-refractivity contribution in [3.05, 3.63) is 115 Å². The molecular weight excluding hydrogens is 400 g/mol. The van der Waals surface area contributed by atoms with Gasteiger partial charge in [-0.15, -0.1) is 12.4 Å². The van der Waals surface area contributed by atoms with E-state index in [1.807, 2.05) is 12.1 Å². The van der Waals surface area contributed by atoms with Gasteiger partial charge in [-0.2, -0.15) is 0 Å². The fourth-order valence-corrected chi connectivity index (χ4v) is 3.78. The number of aryl methyl sites for hydroxylation is 1. The Labute approximate surface area is 189 Å². The first kappa shape index (κ1) is 20.6. The summed E-state index contributed by atoms with van der Waals surface area (Å²) in [5, 5.41) is 0. The van der Waals surface area contributed by atoms with Gasteiger partial charge in [-0.05, 0) is 24.1 Å². The summed E-state index contributed by atoms with van der Waals surface area (Å²) in [7, 11) is 0. The summed E-state index contributed by atoms with van der Waals surface area (Å²) in [5.41, 5.74) is 8.99. The zero-order chi connectivity index (χ0) is 20.3. The summed E-state index contributed by atoms with van der Waals surface area (Å²) >= 11 is 0. The summed E-state index contributed by atoms with van der Waals surface area (Å²) in [6.07, 6.45) is 0. The van der Waals surface area contributed by atoms with E-state index in [0.29, 0.717) is 0 Å². The number of nitrogens with one attached hydrogen (secondary N) is 1. The monoisotopic (exact) mass is 422 g/mol. The van der Waals surface area contributed by atoms with E-state index in [-0.39, 0.29) is 12.4 Å². The van der Waals surface area contributed by atoms with E-state index in [9.17, 15) is 0 Å². The maximum absolute atomic E-state index is 4.99. The van der Waals surface area contributed by atoms with Gasteiger partial charge in [-0.25, -0.2) is 4.98 Å². The van der Waals surface area contributed by atoms with Crippen LogP contribution in [0.2, 0.25) is 0 Å². The molecule has 0 unspecified atom stereocenters. The fourth-order valence-electron chi connectivity index (χ4n) is 3.78. The van der Waals surface area contributed by atoms with Crippen molar-refractivity contribution in [3.63, 3.8) is 0 Å². The molecule has 5 rings (SSSR count). The molecule has 0 atom stereocenters. The zero-order valence-electron chi connectivity index (χ0n) is 17.2. The Morgan fingerprint density at radius 1 is 0.548 bits per heavy atom. The van der Waals surface area contributed by atoms with E-state index in [0.717, 1.165) is 33.9 Å². The van der Waals surface area contributed by atoms with E-state index in [4.69, 9.17) is 4.98 Å². The van der Waals surface area contributed by atoms with Crippen molar-refractivity contribution >= 4 is 12.4 Å². The summed E-state index contributed by atoms with van der Waals surface area (Å²) in [5.74, 6) is 0.889. The van der Waals surface area contributed by atoms with Gasteiger partial charge in [0, 0.05) is 16.7 Å². The zero-order valence-corrected chi connectivity index (χ0v) is 18.1. The minimum atomic E-state index is 0. The molecule has 0 amide bonds. The summed E-state index contributed by atoms with van der Waals surface area (Å²) in [6, 6.07) is 37.9. The molecule has 31 heavy (non-hydrogen) atoms. The number of benzene rings is 4. The van der Waals surface area contributed by atoms with Gasteiger partial charge < -0.3 is 4.98 Å². The molecule has 0 aliphatic rings. The Kier molecular flexibility index (Phi) is 6.01. The van der Waals surface area contributed by atoms with Crippen LogP contribution in [0.3, 0.4) is 0 Å². The molecule has 1 aromatic heterocycles. The molecule has 152 valence electrons. The number of hydrogen-bond donors (Lipinski definition) is 1. The molecule has 0 saturated heterocycles. The fraction of sp³-hybridized carbons (Fsp3) is 0.0357. The van der Waals surface area contributed by atoms with Crippen LogP contribution in [0.15, 0.2) is 109 Å². The number of nitrogens with zero attached hydrogens (tertiary/aromatic N) is 1. The second kappa shape index (κ2) is 9.03. The van der Waals surface area contributed by atoms with Gasteiger partial charge in [0.25, 0.3) is 0 Å².